The number of amides is 1. The minimum atomic E-state index is -4.42. The molecule has 1 aliphatic heterocycles. The summed E-state index contributed by atoms with van der Waals surface area (Å²) in [5.74, 6) is 0. The average molecular weight is 413 g/mol. The number of carbonyl (C=O) groups is 1. The van der Waals surface area contributed by atoms with Gasteiger partial charge in [0.15, 0.2) is 0 Å². The van der Waals surface area contributed by atoms with Crippen LogP contribution in [-0.4, -0.2) is 33.1 Å². The van der Waals surface area contributed by atoms with Crippen molar-refractivity contribution in [2.45, 2.75) is 57.9 Å². The molecule has 2 aromatic heterocycles. The summed E-state index contributed by atoms with van der Waals surface area (Å²) in [5.41, 5.74) is -0.288. The number of aromatic nitrogens is 2. The van der Waals surface area contributed by atoms with Crippen LogP contribution in [0.25, 0.3) is 10.7 Å². The third kappa shape index (κ3) is 4.81. The first kappa shape index (κ1) is 20.6. The Morgan fingerprint density at radius 3 is 2.61 bits per heavy atom. The third-order valence-electron chi connectivity index (χ3n) is 4.30. The van der Waals surface area contributed by atoms with Gasteiger partial charge in [0, 0.05) is 18.1 Å². The van der Waals surface area contributed by atoms with Gasteiger partial charge in [0.05, 0.1) is 23.0 Å². The standard InChI is InChI=1S/C19H22F3N3O2S/c1-18(2,3)27-17(26)25-9-5-4-6-15(25)14-11-28-16(24-14)13-8-7-12(10-23-13)19(20,21)22/h7-8,10-11,15H,4-6,9H2,1-3H3/t15-/m1/s1. The van der Waals surface area contributed by atoms with Gasteiger partial charge in [-0.3, -0.25) is 9.88 Å². The molecule has 1 atom stereocenters. The predicted molar refractivity (Wildman–Crippen MR) is 99.9 cm³/mol. The van der Waals surface area contributed by atoms with Crippen LogP contribution in [0.2, 0.25) is 0 Å². The Kier molecular flexibility index (Phi) is 5.65. The molecule has 0 spiro atoms. The van der Waals surface area contributed by atoms with E-state index in [9.17, 15) is 18.0 Å². The molecule has 5 nitrogen and oxygen atoms in total. The second kappa shape index (κ2) is 7.69. The van der Waals surface area contributed by atoms with Gasteiger partial charge < -0.3 is 4.74 Å². The van der Waals surface area contributed by atoms with E-state index in [1.165, 1.54) is 17.4 Å². The summed E-state index contributed by atoms with van der Waals surface area (Å²) in [6.45, 7) is 6.05. The third-order valence-corrected chi connectivity index (χ3v) is 5.19. The lowest BCUT2D eigenvalue weighted by Gasteiger charge is -2.35. The molecule has 1 aliphatic rings. The van der Waals surface area contributed by atoms with Crippen LogP contribution in [0.4, 0.5) is 18.0 Å². The number of piperidine rings is 1. The number of nitrogens with zero attached hydrogens (tertiary/aromatic N) is 3. The van der Waals surface area contributed by atoms with Crippen LogP contribution < -0.4 is 0 Å². The van der Waals surface area contributed by atoms with Crippen molar-refractivity contribution < 1.29 is 22.7 Å². The maximum absolute atomic E-state index is 12.7. The highest BCUT2D eigenvalue weighted by Gasteiger charge is 2.33. The van der Waals surface area contributed by atoms with Gasteiger partial charge in [0.2, 0.25) is 0 Å². The molecule has 0 aromatic carbocycles. The van der Waals surface area contributed by atoms with Crippen LogP contribution in [0.15, 0.2) is 23.7 Å². The molecule has 0 saturated carbocycles. The van der Waals surface area contributed by atoms with Crippen molar-refractivity contribution in [3.8, 4) is 10.7 Å². The summed E-state index contributed by atoms with van der Waals surface area (Å²) in [7, 11) is 0. The van der Waals surface area contributed by atoms with Gasteiger partial charge in [-0.05, 0) is 52.2 Å². The van der Waals surface area contributed by atoms with Gasteiger partial charge in [0.25, 0.3) is 0 Å². The molecule has 1 fully saturated rings. The molecule has 3 rings (SSSR count). The Hall–Kier alpha value is -2.16. The van der Waals surface area contributed by atoms with Gasteiger partial charge in [-0.1, -0.05) is 0 Å². The zero-order valence-electron chi connectivity index (χ0n) is 15.9. The van der Waals surface area contributed by atoms with Crippen LogP contribution in [-0.2, 0) is 10.9 Å². The molecule has 3 heterocycles. The number of halogens is 3. The van der Waals surface area contributed by atoms with Gasteiger partial charge in [-0.25, -0.2) is 9.78 Å². The van der Waals surface area contributed by atoms with E-state index in [-0.39, 0.29) is 12.1 Å². The number of thiazole rings is 1. The highest BCUT2D eigenvalue weighted by Crippen LogP contribution is 2.35. The molecule has 0 unspecified atom stereocenters. The van der Waals surface area contributed by atoms with Gasteiger partial charge in [0.1, 0.15) is 10.6 Å². The molecular formula is C19H22F3N3O2S. The molecule has 0 N–H and O–H groups in total. The van der Waals surface area contributed by atoms with E-state index in [0.717, 1.165) is 31.5 Å². The molecule has 0 bridgehead atoms. The highest BCUT2D eigenvalue weighted by molar-refractivity contribution is 7.13. The van der Waals surface area contributed by atoms with E-state index in [1.54, 1.807) is 4.90 Å². The van der Waals surface area contributed by atoms with Crippen molar-refractivity contribution >= 4 is 17.4 Å². The lowest BCUT2D eigenvalue weighted by atomic mass is 10.0. The van der Waals surface area contributed by atoms with Crippen molar-refractivity contribution in [2.75, 3.05) is 6.54 Å². The van der Waals surface area contributed by atoms with Crippen molar-refractivity contribution in [2.24, 2.45) is 0 Å². The average Bonchev–Trinajstić information content (AvgIpc) is 3.09. The van der Waals surface area contributed by atoms with Crippen LogP contribution in [0.1, 0.15) is 57.3 Å². The Morgan fingerprint density at radius 1 is 1.25 bits per heavy atom. The summed E-state index contributed by atoms with van der Waals surface area (Å²) in [6.07, 6.45) is -1.36. The Balaban J connectivity index is 1.80. The fourth-order valence-electron chi connectivity index (χ4n) is 3.02. The lowest BCUT2D eigenvalue weighted by Crippen LogP contribution is -2.42. The second-order valence-corrected chi connectivity index (χ2v) is 8.55. The number of rotatable bonds is 2. The topological polar surface area (TPSA) is 55.3 Å². The maximum Gasteiger partial charge on any atom is 0.417 e. The number of ether oxygens (including phenoxy) is 1. The zero-order chi connectivity index (χ0) is 20.5. The van der Waals surface area contributed by atoms with E-state index < -0.39 is 17.3 Å². The zero-order valence-corrected chi connectivity index (χ0v) is 16.7. The van der Waals surface area contributed by atoms with E-state index >= 15 is 0 Å². The quantitative estimate of drug-likeness (QED) is 0.635. The Morgan fingerprint density at radius 2 is 2.00 bits per heavy atom. The van der Waals surface area contributed by atoms with Gasteiger partial charge >= 0.3 is 12.3 Å². The Bertz CT molecular complexity index is 828. The summed E-state index contributed by atoms with van der Waals surface area (Å²) >= 11 is 1.30. The molecule has 0 aliphatic carbocycles. The molecule has 1 amide bonds. The Labute approximate surface area is 165 Å². The molecule has 28 heavy (non-hydrogen) atoms. The summed E-state index contributed by atoms with van der Waals surface area (Å²) in [5, 5.41) is 2.36. The van der Waals surface area contributed by atoms with Gasteiger partial charge in [-0.15, -0.1) is 11.3 Å². The van der Waals surface area contributed by atoms with E-state index in [2.05, 4.69) is 9.97 Å². The normalized spacial score (nSPS) is 18.2. The first-order chi connectivity index (χ1) is 13.0. The summed E-state index contributed by atoms with van der Waals surface area (Å²) < 4.78 is 43.6. The summed E-state index contributed by atoms with van der Waals surface area (Å²) in [6, 6.07) is 2.11. The number of carbonyl (C=O) groups excluding carboxylic acids is 1. The van der Waals surface area contributed by atoms with Crippen molar-refractivity contribution in [3.05, 3.63) is 35.0 Å². The van der Waals surface area contributed by atoms with E-state index in [4.69, 9.17) is 4.74 Å². The highest BCUT2D eigenvalue weighted by atomic mass is 32.1. The van der Waals surface area contributed by atoms with Crippen LogP contribution in [0.5, 0.6) is 0 Å². The minimum absolute atomic E-state index is 0.206. The molecule has 1 saturated heterocycles. The second-order valence-electron chi connectivity index (χ2n) is 7.69. The number of likely N-dealkylation sites (tertiary alicyclic amines) is 1. The SMILES string of the molecule is CC(C)(C)OC(=O)N1CCCC[C@@H]1c1csc(-c2ccc(C(F)(F)F)cn2)n1. The number of pyridine rings is 1. The predicted octanol–water partition coefficient (Wildman–Crippen LogP) is 5.69. The van der Waals surface area contributed by atoms with Crippen LogP contribution in [0, 0.1) is 0 Å². The largest absolute Gasteiger partial charge is 0.444 e. The maximum atomic E-state index is 12.7. The van der Waals surface area contributed by atoms with Crippen molar-refractivity contribution in [1.82, 2.24) is 14.9 Å². The van der Waals surface area contributed by atoms with Crippen molar-refractivity contribution in [3.63, 3.8) is 0 Å². The first-order valence-corrected chi connectivity index (χ1v) is 9.91. The number of hydrogen-bond donors (Lipinski definition) is 0. The number of hydrogen-bond acceptors (Lipinski definition) is 5. The monoisotopic (exact) mass is 413 g/mol. The molecule has 2 aromatic rings. The van der Waals surface area contributed by atoms with E-state index in [1.807, 2.05) is 26.2 Å². The lowest BCUT2D eigenvalue weighted by molar-refractivity contribution is -0.137. The molecule has 152 valence electrons. The van der Waals surface area contributed by atoms with Crippen molar-refractivity contribution in [1.29, 1.82) is 0 Å². The van der Waals surface area contributed by atoms with Crippen LogP contribution >= 0.6 is 11.3 Å². The summed E-state index contributed by atoms with van der Waals surface area (Å²) in [4.78, 5) is 22.7. The smallest absolute Gasteiger partial charge is 0.417 e. The molecule has 9 heteroatoms. The van der Waals surface area contributed by atoms with Crippen LogP contribution in [0.3, 0.4) is 0 Å². The molecule has 0 radical (unpaired) electrons. The fraction of sp³-hybridized carbons (Fsp3) is 0.526. The van der Waals surface area contributed by atoms with E-state index in [0.29, 0.717) is 22.9 Å². The number of alkyl halides is 3. The fourth-order valence-corrected chi connectivity index (χ4v) is 3.86. The molecular weight excluding hydrogens is 391 g/mol. The minimum Gasteiger partial charge on any atom is -0.444 e. The first-order valence-electron chi connectivity index (χ1n) is 9.03. The van der Waals surface area contributed by atoms with Gasteiger partial charge in [-0.2, -0.15) is 13.2 Å².